The van der Waals surface area contributed by atoms with Crippen LogP contribution in [0.1, 0.15) is 12.5 Å². The molecule has 0 bridgehead atoms. The van der Waals surface area contributed by atoms with E-state index < -0.39 is 17.6 Å². The minimum absolute atomic E-state index is 0.105. The highest BCUT2D eigenvalue weighted by Crippen LogP contribution is 2.24. The first-order valence-corrected chi connectivity index (χ1v) is 5.58. The molecule has 0 spiro atoms. The number of aliphatic imine (C=N–C) groups is 1. The van der Waals surface area contributed by atoms with Gasteiger partial charge in [0.05, 0.1) is 5.39 Å². The standard InChI is InChI=1S/C13H12N2O4/c1-7(12(14)17)15-6-9-11(16)8-4-2-3-5-10(8)19-13(9)18/h2-7,16H,1H3,(H2,14,17). The molecule has 19 heavy (non-hydrogen) atoms. The maximum atomic E-state index is 11.7. The SMILES string of the molecule is CC(N=Cc1c(O)c2ccccc2oc1=O)C(N)=O. The zero-order chi connectivity index (χ0) is 14.0. The van der Waals surface area contributed by atoms with Crippen LogP contribution in [0.3, 0.4) is 0 Å². The second kappa shape index (κ2) is 4.93. The number of hydrogen-bond donors (Lipinski definition) is 2. The number of nitrogens with two attached hydrogens (primary N) is 1. The van der Waals surface area contributed by atoms with Crippen molar-refractivity contribution in [1.29, 1.82) is 0 Å². The van der Waals surface area contributed by atoms with Crippen molar-refractivity contribution in [2.45, 2.75) is 13.0 Å². The Morgan fingerprint density at radius 3 is 2.84 bits per heavy atom. The fourth-order valence-electron chi connectivity index (χ4n) is 1.52. The van der Waals surface area contributed by atoms with Crippen LogP contribution in [0.4, 0.5) is 0 Å². The normalized spacial score (nSPS) is 12.9. The van der Waals surface area contributed by atoms with Crippen LogP contribution in [-0.4, -0.2) is 23.3 Å². The molecular formula is C13H12N2O4. The Balaban J connectivity index is 2.55. The van der Waals surface area contributed by atoms with Crippen molar-refractivity contribution in [3.05, 3.63) is 40.2 Å². The maximum absolute atomic E-state index is 11.7. The Hall–Kier alpha value is -2.63. The molecule has 2 rings (SSSR count). The summed E-state index contributed by atoms with van der Waals surface area (Å²) in [7, 11) is 0. The fraction of sp³-hybridized carbons (Fsp3) is 0.154. The van der Waals surface area contributed by atoms with E-state index in [4.69, 9.17) is 10.2 Å². The molecule has 0 aliphatic heterocycles. The highest BCUT2D eigenvalue weighted by molar-refractivity contribution is 5.94. The quantitative estimate of drug-likeness (QED) is 0.628. The Kier molecular flexibility index (Phi) is 3.33. The Morgan fingerprint density at radius 2 is 2.16 bits per heavy atom. The third-order valence-corrected chi connectivity index (χ3v) is 2.66. The third kappa shape index (κ3) is 2.47. The highest BCUT2D eigenvalue weighted by atomic mass is 16.4. The van der Waals surface area contributed by atoms with Crippen molar-refractivity contribution in [2.75, 3.05) is 0 Å². The van der Waals surface area contributed by atoms with Gasteiger partial charge in [0, 0.05) is 6.21 Å². The summed E-state index contributed by atoms with van der Waals surface area (Å²) in [5.74, 6) is -0.854. The summed E-state index contributed by atoms with van der Waals surface area (Å²) in [5, 5.41) is 10.4. The number of fused-ring (bicyclic) bond motifs is 1. The van der Waals surface area contributed by atoms with Crippen molar-refractivity contribution in [3.63, 3.8) is 0 Å². The lowest BCUT2D eigenvalue weighted by atomic mass is 10.1. The van der Waals surface area contributed by atoms with Crippen molar-refractivity contribution in [1.82, 2.24) is 0 Å². The van der Waals surface area contributed by atoms with Gasteiger partial charge in [0.15, 0.2) is 0 Å². The molecule has 1 amide bonds. The number of nitrogens with zero attached hydrogens (tertiary/aromatic N) is 1. The van der Waals surface area contributed by atoms with Crippen molar-refractivity contribution >= 4 is 23.1 Å². The minimum atomic E-state index is -0.787. The molecule has 1 unspecified atom stereocenters. The minimum Gasteiger partial charge on any atom is -0.506 e. The number of amides is 1. The van der Waals surface area contributed by atoms with Crippen LogP contribution in [0.5, 0.6) is 5.75 Å². The number of aromatic hydroxyl groups is 1. The average molecular weight is 260 g/mol. The molecule has 0 fully saturated rings. The molecule has 1 aromatic heterocycles. The van der Waals surface area contributed by atoms with Gasteiger partial charge in [-0.2, -0.15) is 0 Å². The Morgan fingerprint density at radius 1 is 1.47 bits per heavy atom. The topological polar surface area (TPSA) is 106 Å². The number of rotatable bonds is 3. The molecular weight excluding hydrogens is 248 g/mol. The molecule has 0 radical (unpaired) electrons. The molecule has 1 aromatic carbocycles. The van der Waals surface area contributed by atoms with Crippen LogP contribution in [0.25, 0.3) is 11.0 Å². The molecule has 98 valence electrons. The monoisotopic (exact) mass is 260 g/mol. The van der Waals surface area contributed by atoms with Crippen LogP contribution in [0.15, 0.2) is 38.5 Å². The summed E-state index contributed by atoms with van der Waals surface area (Å²) in [4.78, 5) is 26.4. The van der Waals surface area contributed by atoms with Crippen LogP contribution >= 0.6 is 0 Å². The number of para-hydroxylation sites is 1. The third-order valence-electron chi connectivity index (χ3n) is 2.66. The first-order valence-electron chi connectivity index (χ1n) is 5.58. The highest BCUT2D eigenvalue weighted by Gasteiger charge is 2.12. The van der Waals surface area contributed by atoms with Gasteiger partial charge >= 0.3 is 5.63 Å². The van der Waals surface area contributed by atoms with Crippen LogP contribution in [0, 0.1) is 0 Å². The molecule has 0 saturated carbocycles. The van der Waals surface area contributed by atoms with Gasteiger partial charge < -0.3 is 15.3 Å². The van der Waals surface area contributed by atoms with E-state index in [1.165, 1.54) is 6.92 Å². The summed E-state index contributed by atoms with van der Waals surface area (Å²) in [6.45, 7) is 1.48. The van der Waals surface area contributed by atoms with E-state index in [0.717, 1.165) is 6.21 Å². The van der Waals surface area contributed by atoms with Gasteiger partial charge in [0.25, 0.3) is 0 Å². The molecule has 2 aromatic rings. The number of benzene rings is 1. The van der Waals surface area contributed by atoms with E-state index in [1.807, 2.05) is 0 Å². The first-order chi connectivity index (χ1) is 9.00. The summed E-state index contributed by atoms with van der Waals surface area (Å²) < 4.78 is 5.04. The van der Waals surface area contributed by atoms with Crippen LogP contribution < -0.4 is 11.4 Å². The number of carbonyl (C=O) groups is 1. The van der Waals surface area contributed by atoms with E-state index in [-0.39, 0.29) is 16.9 Å². The summed E-state index contributed by atoms with van der Waals surface area (Å²) in [6, 6.07) is 5.79. The molecule has 0 saturated heterocycles. The van der Waals surface area contributed by atoms with Gasteiger partial charge in [-0.3, -0.25) is 9.79 Å². The lowest BCUT2D eigenvalue weighted by Crippen LogP contribution is -2.24. The maximum Gasteiger partial charge on any atom is 0.348 e. The zero-order valence-corrected chi connectivity index (χ0v) is 10.2. The van der Waals surface area contributed by atoms with Crippen molar-refractivity contribution < 1.29 is 14.3 Å². The van der Waals surface area contributed by atoms with Gasteiger partial charge in [0.2, 0.25) is 5.91 Å². The number of carbonyl (C=O) groups excluding carboxylic acids is 1. The largest absolute Gasteiger partial charge is 0.506 e. The van der Waals surface area contributed by atoms with E-state index in [1.54, 1.807) is 24.3 Å². The predicted molar refractivity (Wildman–Crippen MR) is 70.4 cm³/mol. The first kappa shape index (κ1) is 12.8. The molecule has 3 N–H and O–H groups in total. The molecule has 1 heterocycles. The number of primary amides is 1. The van der Waals surface area contributed by atoms with E-state index in [0.29, 0.717) is 5.39 Å². The van der Waals surface area contributed by atoms with E-state index in [9.17, 15) is 14.7 Å². The summed E-state index contributed by atoms with van der Waals surface area (Å²) in [5.41, 5.74) is 4.50. The van der Waals surface area contributed by atoms with Gasteiger partial charge in [0.1, 0.15) is 22.9 Å². The molecule has 0 aliphatic carbocycles. The molecule has 6 heteroatoms. The molecule has 1 atom stereocenters. The fourth-order valence-corrected chi connectivity index (χ4v) is 1.52. The van der Waals surface area contributed by atoms with Gasteiger partial charge in [-0.05, 0) is 19.1 Å². The lowest BCUT2D eigenvalue weighted by molar-refractivity contribution is -0.118. The van der Waals surface area contributed by atoms with Crippen LogP contribution in [0.2, 0.25) is 0 Å². The van der Waals surface area contributed by atoms with Gasteiger partial charge in [-0.1, -0.05) is 12.1 Å². The summed E-state index contributed by atoms with van der Waals surface area (Å²) >= 11 is 0. The molecule has 6 nitrogen and oxygen atoms in total. The van der Waals surface area contributed by atoms with Crippen molar-refractivity contribution in [2.24, 2.45) is 10.7 Å². The van der Waals surface area contributed by atoms with Crippen molar-refractivity contribution in [3.8, 4) is 5.75 Å². The number of hydrogen-bond acceptors (Lipinski definition) is 5. The van der Waals surface area contributed by atoms with Crippen LogP contribution in [-0.2, 0) is 4.79 Å². The smallest absolute Gasteiger partial charge is 0.348 e. The van der Waals surface area contributed by atoms with Gasteiger partial charge in [-0.15, -0.1) is 0 Å². The van der Waals surface area contributed by atoms with E-state index >= 15 is 0 Å². The summed E-state index contributed by atoms with van der Waals surface area (Å²) in [6.07, 6.45) is 1.10. The Labute approximate surface area is 108 Å². The molecule has 0 aliphatic rings. The predicted octanol–water partition coefficient (Wildman–Crippen LogP) is 0.791. The Bertz CT molecular complexity index is 718. The zero-order valence-electron chi connectivity index (χ0n) is 10.2. The van der Waals surface area contributed by atoms with Gasteiger partial charge in [-0.25, -0.2) is 4.79 Å². The van der Waals surface area contributed by atoms with E-state index in [2.05, 4.69) is 4.99 Å². The second-order valence-electron chi connectivity index (χ2n) is 4.00. The average Bonchev–Trinajstić information content (AvgIpc) is 2.38. The second-order valence-corrected chi connectivity index (χ2v) is 4.00. The lowest BCUT2D eigenvalue weighted by Gasteiger charge is -2.03.